The van der Waals surface area contributed by atoms with E-state index in [0.717, 1.165) is 0 Å². The van der Waals surface area contributed by atoms with Gasteiger partial charge in [-0.25, -0.2) is 5.57 Å². The molecule has 0 saturated heterocycles. The third-order valence-electron chi connectivity index (χ3n) is 2.24. The summed E-state index contributed by atoms with van der Waals surface area (Å²) in [5.41, 5.74) is 10.9. The van der Waals surface area contributed by atoms with Gasteiger partial charge in [0, 0.05) is 0 Å². The summed E-state index contributed by atoms with van der Waals surface area (Å²) in [6.45, 7) is 16.2. The van der Waals surface area contributed by atoms with Gasteiger partial charge in [-0.15, -0.1) is 12.5 Å². The van der Waals surface area contributed by atoms with E-state index in [1.807, 2.05) is 27.7 Å². The Balaban J connectivity index is -0.0000000959. The molecule has 0 amide bonds. The van der Waals surface area contributed by atoms with Gasteiger partial charge >= 0.3 is 30.2 Å². The van der Waals surface area contributed by atoms with Crippen LogP contribution in [0.5, 0.6) is 0 Å². The summed E-state index contributed by atoms with van der Waals surface area (Å²) in [7, 11) is 0. The topological polar surface area (TPSA) is 23.8 Å². The summed E-state index contributed by atoms with van der Waals surface area (Å²) in [6.07, 6.45) is 3.36. The van der Waals surface area contributed by atoms with E-state index in [9.17, 15) is 0 Å². The molecular weight excluding hydrogens is 360 g/mol. The summed E-state index contributed by atoms with van der Waals surface area (Å²) in [5.74, 6) is 0.560. The quantitative estimate of drug-likeness (QED) is 0.329. The van der Waals surface area contributed by atoms with Crippen molar-refractivity contribution in [2.45, 2.75) is 54.0 Å². The van der Waals surface area contributed by atoms with Crippen molar-refractivity contribution in [1.29, 1.82) is 0 Å². The molecule has 0 heterocycles. The minimum atomic E-state index is -0.250. The first-order chi connectivity index (χ1) is 7.13. The van der Waals surface area contributed by atoms with Crippen molar-refractivity contribution >= 4 is 6.88 Å². The Morgan fingerprint density at radius 3 is 1.44 bits per heavy atom. The van der Waals surface area contributed by atoms with Crippen LogP contribution in [0.4, 0.5) is 0 Å². The maximum absolute atomic E-state index is 6.94. The van der Waals surface area contributed by atoms with E-state index in [1.54, 1.807) is 23.3 Å². The summed E-state index contributed by atoms with van der Waals surface area (Å²) in [6, 6.07) is 0. The fourth-order valence-electron chi connectivity index (χ4n) is 1.16. The van der Waals surface area contributed by atoms with Gasteiger partial charge in [0.1, 0.15) is 0 Å². The first kappa shape index (κ1) is 27.5. The minimum absolute atomic E-state index is 0. The Morgan fingerprint density at radius 1 is 1.11 bits per heavy atom. The summed E-state index contributed by atoms with van der Waals surface area (Å²) < 4.78 is 0. The molecule has 5 heteroatoms. The Labute approximate surface area is 142 Å². The van der Waals surface area contributed by atoms with Gasteiger partial charge in [-0.05, 0) is 0 Å². The number of hydrogen-bond acceptors (Lipinski definition) is 0. The zero-order valence-electron chi connectivity index (χ0n) is 12.5. The van der Waals surface area contributed by atoms with Crippen molar-refractivity contribution in [3.8, 4) is 0 Å². The van der Waals surface area contributed by atoms with Gasteiger partial charge in [-0.3, -0.25) is 6.08 Å². The SMILES string of the molecule is CC(C)(C)[NH-].CC1=[C-]C(C)C(C)=C1C.[Cl-].[Cl-].[SiH2]=[Zr+2]. The zero-order valence-corrected chi connectivity index (χ0v) is 17.9. The standard InChI is InChI=1S/C9H13.C4H10N.2ClH.H2Si.Zr/c1-6-5-7(2)9(4)8(6)3;1-4(2,3)5;;;;/h6H,1-4H3;5H,1-3H3;2*1H;1H2;/q2*-1;;;;+2/p-2. The molecule has 0 aromatic rings. The van der Waals surface area contributed by atoms with Crippen molar-refractivity contribution in [3.05, 3.63) is 28.5 Å². The Morgan fingerprint density at radius 2 is 1.39 bits per heavy atom. The molecule has 1 N–H and O–H groups in total. The van der Waals surface area contributed by atoms with Crippen LogP contribution >= 0.6 is 0 Å². The van der Waals surface area contributed by atoms with Crippen molar-refractivity contribution in [2.24, 2.45) is 5.92 Å². The number of halogens is 2. The molecular formula is C13H25Cl2NSiZr-2. The van der Waals surface area contributed by atoms with E-state index < -0.39 is 0 Å². The van der Waals surface area contributed by atoms with E-state index >= 15 is 0 Å². The van der Waals surface area contributed by atoms with Crippen LogP contribution in [0.3, 0.4) is 0 Å². The number of rotatable bonds is 0. The first-order valence-electron chi connectivity index (χ1n) is 5.51. The van der Waals surface area contributed by atoms with Crippen LogP contribution in [-0.4, -0.2) is 12.4 Å². The van der Waals surface area contributed by atoms with Crippen LogP contribution in [0.2, 0.25) is 0 Å². The number of allylic oxidation sites excluding steroid dienone is 4. The van der Waals surface area contributed by atoms with Crippen LogP contribution in [0.1, 0.15) is 48.5 Å². The number of hydrogen-bond donors (Lipinski definition) is 0. The fraction of sp³-hybridized carbons (Fsp3) is 0.692. The Bertz CT molecular complexity index is 277. The van der Waals surface area contributed by atoms with Crippen LogP contribution < -0.4 is 24.8 Å². The molecule has 18 heavy (non-hydrogen) atoms. The van der Waals surface area contributed by atoms with Gasteiger partial charge < -0.3 is 30.5 Å². The molecule has 0 fully saturated rings. The fourth-order valence-corrected chi connectivity index (χ4v) is 1.16. The molecule has 1 aliphatic carbocycles. The van der Waals surface area contributed by atoms with E-state index in [2.05, 4.69) is 33.8 Å². The molecule has 1 unspecified atom stereocenters. The third-order valence-corrected chi connectivity index (χ3v) is 2.24. The molecule has 0 radical (unpaired) electrons. The summed E-state index contributed by atoms with van der Waals surface area (Å²) in [4.78, 5) is 0. The van der Waals surface area contributed by atoms with Crippen LogP contribution in [0, 0.1) is 12.0 Å². The molecule has 106 valence electrons. The van der Waals surface area contributed by atoms with Gasteiger partial charge in [0.15, 0.2) is 0 Å². The molecule has 0 bridgehead atoms. The second kappa shape index (κ2) is 13.1. The van der Waals surface area contributed by atoms with Gasteiger partial charge in [0.2, 0.25) is 0 Å². The normalized spacial score (nSPS) is 17.2. The predicted molar refractivity (Wildman–Crippen MR) is 72.6 cm³/mol. The van der Waals surface area contributed by atoms with Crippen molar-refractivity contribution in [2.75, 3.05) is 0 Å². The Kier molecular flexibility index (Phi) is 20.0. The molecule has 0 spiro atoms. The molecule has 1 rings (SSSR count). The van der Waals surface area contributed by atoms with Gasteiger partial charge in [-0.1, -0.05) is 47.5 Å². The monoisotopic (exact) mass is 383 g/mol. The van der Waals surface area contributed by atoms with Crippen LogP contribution in [0.25, 0.3) is 5.73 Å². The molecule has 1 atom stereocenters. The second-order valence-corrected chi connectivity index (χ2v) is 5.05. The van der Waals surface area contributed by atoms with Crippen molar-refractivity contribution in [3.63, 3.8) is 0 Å². The molecule has 0 aromatic carbocycles. The maximum atomic E-state index is 6.94. The molecule has 0 aromatic heterocycles. The Hall–Kier alpha value is 1.12. The van der Waals surface area contributed by atoms with Crippen molar-refractivity contribution < 1.29 is 48.1 Å². The van der Waals surface area contributed by atoms with E-state index in [4.69, 9.17) is 5.73 Å². The van der Waals surface area contributed by atoms with E-state index in [0.29, 0.717) is 5.92 Å². The molecule has 1 nitrogen and oxygen atoms in total. The van der Waals surface area contributed by atoms with E-state index in [1.165, 1.54) is 16.7 Å². The summed E-state index contributed by atoms with van der Waals surface area (Å²) in [5, 5.41) is 0. The van der Waals surface area contributed by atoms with Crippen molar-refractivity contribution in [1.82, 2.24) is 0 Å². The number of nitrogens with one attached hydrogen (secondary N) is 1. The third kappa shape index (κ3) is 15.2. The summed E-state index contributed by atoms with van der Waals surface area (Å²) >= 11 is 1.58. The van der Waals surface area contributed by atoms with Gasteiger partial charge in [0.05, 0.1) is 0 Å². The first-order valence-corrected chi connectivity index (χ1v) is 11.4. The van der Waals surface area contributed by atoms with Gasteiger partial charge in [0.25, 0.3) is 0 Å². The molecule has 0 saturated carbocycles. The zero-order chi connectivity index (χ0) is 13.5. The predicted octanol–water partition coefficient (Wildman–Crippen LogP) is -2.35. The molecule has 1 aliphatic rings. The van der Waals surface area contributed by atoms with Crippen LogP contribution in [-0.2, 0) is 23.3 Å². The average molecular weight is 386 g/mol. The average Bonchev–Trinajstić information content (AvgIpc) is 2.34. The second-order valence-electron chi connectivity index (χ2n) is 5.05. The van der Waals surface area contributed by atoms with Gasteiger partial charge in [-0.2, -0.15) is 11.1 Å². The molecule has 0 aliphatic heterocycles. The van der Waals surface area contributed by atoms with Crippen LogP contribution in [0.15, 0.2) is 16.7 Å². The van der Waals surface area contributed by atoms with E-state index in [-0.39, 0.29) is 30.4 Å².